The van der Waals surface area contributed by atoms with Gasteiger partial charge in [0.05, 0.1) is 0 Å². The van der Waals surface area contributed by atoms with Gasteiger partial charge in [-0.3, -0.25) is 0 Å². The van der Waals surface area contributed by atoms with Crippen molar-refractivity contribution in [1.82, 2.24) is 5.32 Å². The van der Waals surface area contributed by atoms with Crippen molar-refractivity contribution in [3.05, 3.63) is 35.4 Å². The van der Waals surface area contributed by atoms with Crippen LogP contribution in [-0.2, 0) is 5.41 Å². The summed E-state index contributed by atoms with van der Waals surface area (Å²) in [5.41, 5.74) is 2.58. The lowest BCUT2D eigenvalue weighted by molar-refractivity contribution is -0.135. The number of alkyl halides is 3. The van der Waals surface area contributed by atoms with Gasteiger partial charge in [0.15, 0.2) is 0 Å². The summed E-state index contributed by atoms with van der Waals surface area (Å²) in [6.07, 6.45) is -3.99. The van der Waals surface area contributed by atoms with E-state index in [-0.39, 0.29) is 17.9 Å². The summed E-state index contributed by atoms with van der Waals surface area (Å²) in [6, 6.07) is 8.58. The highest BCUT2D eigenvalue weighted by atomic mass is 19.4. The van der Waals surface area contributed by atoms with Gasteiger partial charge in [0.25, 0.3) is 0 Å². The van der Waals surface area contributed by atoms with E-state index in [1.807, 2.05) is 6.92 Å². The van der Waals surface area contributed by atoms with E-state index in [0.29, 0.717) is 13.0 Å². The van der Waals surface area contributed by atoms with Crippen LogP contribution in [0.4, 0.5) is 13.2 Å². The van der Waals surface area contributed by atoms with Gasteiger partial charge in [-0.05, 0) is 42.9 Å². The molecule has 0 aromatic heterocycles. The van der Waals surface area contributed by atoms with E-state index in [1.165, 1.54) is 11.1 Å². The minimum Gasteiger partial charge on any atom is -0.310 e. The molecule has 4 heteroatoms. The van der Waals surface area contributed by atoms with Crippen molar-refractivity contribution in [3.63, 3.8) is 0 Å². The van der Waals surface area contributed by atoms with Gasteiger partial charge < -0.3 is 5.32 Å². The zero-order valence-corrected chi connectivity index (χ0v) is 13.3. The van der Waals surface area contributed by atoms with E-state index >= 15 is 0 Å². The van der Waals surface area contributed by atoms with Crippen molar-refractivity contribution in [2.24, 2.45) is 0 Å². The van der Waals surface area contributed by atoms with E-state index in [0.717, 1.165) is 0 Å². The van der Waals surface area contributed by atoms with Crippen LogP contribution < -0.4 is 5.32 Å². The van der Waals surface area contributed by atoms with Crippen LogP contribution in [0, 0.1) is 0 Å². The van der Waals surface area contributed by atoms with Crippen molar-refractivity contribution in [2.75, 3.05) is 6.54 Å². The molecular weight excluding hydrogens is 275 g/mol. The molecule has 0 aliphatic carbocycles. The van der Waals surface area contributed by atoms with Crippen molar-refractivity contribution < 1.29 is 13.2 Å². The number of unbranched alkanes of at least 4 members (excludes halogenated alkanes) is 1. The lowest BCUT2D eigenvalue weighted by Crippen LogP contribution is -2.20. The Morgan fingerprint density at radius 2 is 1.57 bits per heavy atom. The molecule has 1 aromatic carbocycles. The molecule has 0 fully saturated rings. The summed E-state index contributed by atoms with van der Waals surface area (Å²) >= 11 is 0. The quantitative estimate of drug-likeness (QED) is 0.697. The van der Waals surface area contributed by atoms with Gasteiger partial charge in [0.2, 0.25) is 0 Å². The number of halogens is 3. The third-order valence-corrected chi connectivity index (χ3v) is 3.61. The molecule has 21 heavy (non-hydrogen) atoms. The number of nitrogens with one attached hydrogen (secondary N) is 1. The molecule has 0 bridgehead atoms. The standard InChI is InChI=1S/C17H26F3N/c1-13(21-12-6-5-11-17(18,19)20)14-7-9-15(10-8-14)16(2,3)4/h7-10,13,21H,5-6,11-12H2,1-4H3. The zero-order valence-electron chi connectivity index (χ0n) is 13.3. The van der Waals surface area contributed by atoms with Gasteiger partial charge in [-0.15, -0.1) is 0 Å². The zero-order chi connectivity index (χ0) is 16.1. The number of hydrogen-bond donors (Lipinski definition) is 1. The van der Waals surface area contributed by atoms with E-state index < -0.39 is 12.6 Å². The Morgan fingerprint density at radius 3 is 2.05 bits per heavy atom. The highest BCUT2D eigenvalue weighted by molar-refractivity contribution is 5.28. The second-order valence-electron chi connectivity index (χ2n) is 6.62. The first-order valence-electron chi connectivity index (χ1n) is 7.50. The fourth-order valence-electron chi connectivity index (χ4n) is 2.16. The first kappa shape index (κ1) is 18.0. The molecule has 1 nitrogen and oxygen atoms in total. The predicted octanol–water partition coefficient (Wildman–Crippen LogP) is 5.37. The predicted molar refractivity (Wildman–Crippen MR) is 81.5 cm³/mol. The maximum absolute atomic E-state index is 12.0. The number of benzene rings is 1. The lowest BCUT2D eigenvalue weighted by atomic mass is 9.86. The van der Waals surface area contributed by atoms with E-state index in [4.69, 9.17) is 0 Å². The summed E-state index contributed by atoms with van der Waals surface area (Å²) in [5, 5.41) is 3.28. The van der Waals surface area contributed by atoms with Crippen molar-refractivity contribution in [2.45, 2.75) is 64.6 Å². The Kier molecular flexibility index (Phi) is 6.26. The minimum absolute atomic E-state index is 0.132. The Morgan fingerprint density at radius 1 is 1.00 bits per heavy atom. The maximum atomic E-state index is 12.0. The molecule has 1 rings (SSSR count). The minimum atomic E-state index is -4.03. The van der Waals surface area contributed by atoms with Crippen LogP contribution in [-0.4, -0.2) is 12.7 Å². The summed E-state index contributed by atoms with van der Waals surface area (Å²) in [7, 11) is 0. The third-order valence-electron chi connectivity index (χ3n) is 3.61. The highest BCUT2D eigenvalue weighted by Gasteiger charge is 2.25. The van der Waals surface area contributed by atoms with E-state index in [9.17, 15) is 13.2 Å². The summed E-state index contributed by atoms with van der Waals surface area (Å²) < 4.78 is 36.1. The van der Waals surface area contributed by atoms with Crippen LogP contribution in [0.25, 0.3) is 0 Å². The molecule has 120 valence electrons. The number of hydrogen-bond acceptors (Lipinski definition) is 1. The monoisotopic (exact) mass is 301 g/mol. The van der Waals surface area contributed by atoms with Crippen molar-refractivity contribution >= 4 is 0 Å². The fourth-order valence-corrected chi connectivity index (χ4v) is 2.16. The normalized spacial score (nSPS) is 14.2. The van der Waals surface area contributed by atoms with Gasteiger partial charge in [0.1, 0.15) is 0 Å². The van der Waals surface area contributed by atoms with E-state index in [1.54, 1.807) is 0 Å². The second kappa shape index (κ2) is 7.30. The summed E-state index contributed by atoms with van der Waals surface area (Å²) in [6.45, 7) is 9.16. The third kappa shape index (κ3) is 6.98. The lowest BCUT2D eigenvalue weighted by Gasteiger charge is -2.20. The largest absolute Gasteiger partial charge is 0.389 e. The molecule has 1 atom stereocenters. The number of rotatable bonds is 6. The van der Waals surface area contributed by atoms with Crippen LogP contribution in [0.1, 0.15) is 64.1 Å². The molecule has 0 spiro atoms. The van der Waals surface area contributed by atoms with E-state index in [2.05, 4.69) is 50.4 Å². The molecule has 1 unspecified atom stereocenters. The first-order chi connectivity index (χ1) is 9.59. The summed E-state index contributed by atoms with van der Waals surface area (Å²) in [4.78, 5) is 0. The van der Waals surface area contributed by atoms with Crippen LogP contribution >= 0.6 is 0 Å². The molecule has 0 amide bonds. The van der Waals surface area contributed by atoms with Crippen molar-refractivity contribution in [1.29, 1.82) is 0 Å². The fraction of sp³-hybridized carbons (Fsp3) is 0.647. The molecule has 0 heterocycles. The van der Waals surface area contributed by atoms with Gasteiger partial charge in [-0.25, -0.2) is 0 Å². The van der Waals surface area contributed by atoms with Gasteiger partial charge in [-0.1, -0.05) is 45.0 Å². The molecule has 1 N–H and O–H groups in total. The maximum Gasteiger partial charge on any atom is 0.389 e. The Hall–Kier alpha value is -1.03. The van der Waals surface area contributed by atoms with Gasteiger partial charge in [-0.2, -0.15) is 13.2 Å². The van der Waals surface area contributed by atoms with Crippen molar-refractivity contribution in [3.8, 4) is 0 Å². The highest BCUT2D eigenvalue weighted by Crippen LogP contribution is 2.24. The van der Waals surface area contributed by atoms with Crippen LogP contribution in [0.3, 0.4) is 0 Å². The average molecular weight is 301 g/mol. The Balaban J connectivity index is 2.37. The van der Waals surface area contributed by atoms with Crippen LogP contribution in [0.2, 0.25) is 0 Å². The van der Waals surface area contributed by atoms with Crippen LogP contribution in [0.15, 0.2) is 24.3 Å². The molecule has 1 aromatic rings. The Labute approximate surface area is 125 Å². The summed E-state index contributed by atoms with van der Waals surface area (Å²) in [5.74, 6) is 0. The molecule has 0 aliphatic rings. The topological polar surface area (TPSA) is 12.0 Å². The van der Waals surface area contributed by atoms with Gasteiger partial charge in [0, 0.05) is 12.5 Å². The van der Waals surface area contributed by atoms with Gasteiger partial charge >= 0.3 is 6.18 Å². The molecule has 0 radical (unpaired) electrons. The SMILES string of the molecule is CC(NCCCCC(F)(F)F)c1ccc(C(C)(C)C)cc1. The molecule has 0 saturated heterocycles. The first-order valence-corrected chi connectivity index (χ1v) is 7.50. The Bertz CT molecular complexity index is 415. The van der Waals surface area contributed by atoms with Crippen LogP contribution in [0.5, 0.6) is 0 Å². The second-order valence-corrected chi connectivity index (χ2v) is 6.62. The molecule has 0 saturated carbocycles. The smallest absolute Gasteiger partial charge is 0.310 e. The molecular formula is C17H26F3N. The average Bonchev–Trinajstić information content (AvgIpc) is 2.36. The molecule has 0 aliphatic heterocycles.